The summed E-state index contributed by atoms with van der Waals surface area (Å²) >= 11 is 0. The average Bonchev–Trinajstić information content (AvgIpc) is 2.50. The summed E-state index contributed by atoms with van der Waals surface area (Å²) in [6.07, 6.45) is 5.42. The Morgan fingerprint density at radius 1 is 1.33 bits per heavy atom. The molecule has 0 radical (unpaired) electrons. The van der Waals surface area contributed by atoms with Crippen LogP contribution in [0.4, 0.5) is 4.79 Å². The molecule has 0 spiro atoms. The fraction of sp³-hybridized carbons (Fsp3) is 0.684. The molecule has 136 valence electrons. The van der Waals surface area contributed by atoms with Crippen molar-refractivity contribution in [2.75, 3.05) is 19.7 Å². The molecule has 0 bridgehead atoms. The van der Waals surface area contributed by atoms with Crippen molar-refractivity contribution in [3.05, 3.63) is 23.3 Å². The first-order chi connectivity index (χ1) is 11.2. The molecule has 0 aromatic heterocycles. The molecule has 0 aromatic carbocycles. The highest BCUT2D eigenvalue weighted by Crippen LogP contribution is 2.26. The van der Waals surface area contributed by atoms with Gasteiger partial charge in [-0.2, -0.15) is 0 Å². The number of hydrogen-bond donors (Lipinski definition) is 0. The van der Waals surface area contributed by atoms with Gasteiger partial charge in [0.05, 0.1) is 12.5 Å². The molecule has 1 atom stereocenters. The smallest absolute Gasteiger partial charge is 0.410 e. The van der Waals surface area contributed by atoms with Crippen LogP contribution in [0.3, 0.4) is 0 Å². The van der Waals surface area contributed by atoms with Gasteiger partial charge in [-0.1, -0.05) is 19.1 Å². The van der Waals surface area contributed by atoms with Crippen LogP contribution >= 0.6 is 0 Å². The molecule has 1 heterocycles. The van der Waals surface area contributed by atoms with Gasteiger partial charge in [-0.25, -0.2) is 4.79 Å². The summed E-state index contributed by atoms with van der Waals surface area (Å²) in [5.41, 5.74) is 1.44. The van der Waals surface area contributed by atoms with Gasteiger partial charge in [0.15, 0.2) is 0 Å². The largest absolute Gasteiger partial charge is 0.466 e. The first-order valence-corrected chi connectivity index (χ1v) is 8.73. The van der Waals surface area contributed by atoms with Crippen molar-refractivity contribution in [2.45, 2.75) is 60.0 Å². The molecule has 0 aromatic rings. The maximum atomic E-state index is 12.3. The standard InChI is InChI=1S/C19H31NO4/c1-7-10-16(14(3)17(21)23-8-2)15-11-9-12-20(13-15)18(22)24-19(4,5)6/h10-11,14H,7-9,12-13H2,1-6H3. The lowest BCUT2D eigenvalue weighted by Crippen LogP contribution is -2.40. The van der Waals surface area contributed by atoms with E-state index < -0.39 is 5.60 Å². The van der Waals surface area contributed by atoms with E-state index in [1.165, 1.54) is 0 Å². The van der Waals surface area contributed by atoms with Gasteiger partial charge >= 0.3 is 12.1 Å². The highest BCUT2D eigenvalue weighted by molar-refractivity contribution is 5.77. The fourth-order valence-corrected chi connectivity index (χ4v) is 2.64. The van der Waals surface area contributed by atoms with Gasteiger partial charge in [-0.3, -0.25) is 4.79 Å². The summed E-state index contributed by atoms with van der Waals surface area (Å²) in [6, 6.07) is 0. The van der Waals surface area contributed by atoms with Crippen LogP contribution in [0.5, 0.6) is 0 Å². The Labute approximate surface area is 145 Å². The van der Waals surface area contributed by atoms with Crippen molar-refractivity contribution in [1.29, 1.82) is 0 Å². The number of allylic oxidation sites excluding steroid dienone is 1. The van der Waals surface area contributed by atoms with Crippen LogP contribution in [0.1, 0.15) is 54.4 Å². The molecule has 0 fully saturated rings. The lowest BCUT2D eigenvalue weighted by Gasteiger charge is -2.31. The van der Waals surface area contributed by atoms with E-state index in [-0.39, 0.29) is 18.0 Å². The highest BCUT2D eigenvalue weighted by Gasteiger charge is 2.28. The summed E-state index contributed by atoms with van der Waals surface area (Å²) in [5, 5.41) is 0. The second-order valence-corrected chi connectivity index (χ2v) is 6.96. The molecule has 0 N–H and O–H groups in total. The Hall–Kier alpha value is -1.78. The van der Waals surface area contributed by atoms with Crippen molar-refractivity contribution in [1.82, 2.24) is 4.90 Å². The van der Waals surface area contributed by atoms with Gasteiger partial charge in [0, 0.05) is 13.1 Å². The van der Waals surface area contributed by atoms with Crippen LogP contribution in [0.25, 0.3) is 0 Å². The molecule has 0 aliphatic carbocycles. The van der Waals surface area contributed by atoms with Crippen LogP contribution in [-0.4, -0.2) is 42.3 Å². The molecule has 5 heteroatoms. The number of carbonyl (C=O) groups excluding carboxylic acids is 2. The van der Waals surface area contributed by atoms with Crippen LogP contribution in [-0.2, 0) is 14.3 Å². The number of nitrogens with zero attached hydrogens (tertiary/aromatic N) is 1. The zero-order valence-corrected chi connectivity index (χ0v) is 15.8. The fourth-order valence-electron chi connectivity index (χ4n) is 2.64. The zero-order chi connectivity index (χ0) is 18.3. The van der Waals surface area contributed by atoms with Crippen molar-refractivity contribution < 1.29 is 19.1 Å². The predicted molar refractivity (Wildman–Crippen MR) is 94.7 cm³/mol. The molecule has 1 amide bonds. The quantitative estimate of drug-likeness (QED) is 0.709. The summed E-state index contributed by atoms with van der Waals surface area (Å²) < 4.78 is 10.6. The third kappa shape index (κ3) is 6.02. The number of ether oxygens (including phenoxy) is 2. The van der Waals surface area contributed by atoms with Crippen LogP contribution in [0, 0.1) is 5.92 Å². The monoisotopic (exact) mass is 337 g/mol. The average molecular weight is 337 g/mol. The summed E-state index contributed by atoms with van der Waals surface area (Å²) in [5.74, 6) is -0.567. The Morgan fingerprint density at radius 2 is 2.00 bits per heavy atom. The van der Waals surface area contributed by atoms with E-state index in [4.69, 9.17) is 9.47 Å². The lowest BCUT2D eigenvalue weighted by molar-refractivity contribution is -0.146. The van der Waals surface area contributed by atoms with Crippen LogP contribution < -0.4 is 0 Å². The lowest BCUT2D eigenvalue weighted by atomic mass is 9.90. The topological polar surface area (TPSA) is 55.8 Å². The van der Waals surface area contributed by atoms with Gasteiger partial charge in [0.1, 0.15) is 5.60 Å². The number of hydrogen-bond acceptors (Lipinski definition) is 4. The number of rotatable bonds is 5. The van der Waals surface area contributed by atoms with Gasteiger partial charge in [-0.05, 0) is 58.6 Å². The first kappa shape index (κ1) is 20.3. The summed E-state index contributed by atoms with van der Waals surface area (Å²) in [6.45, 7) is 12.7. The molecule has 1 rings (SSSR count). The van der Waals surface area contributed by atoms with Crippen molar-refractivity contribution in [3.8, 4) is 0 Å². The van der Waals surface area contributed by atoms with Crippen molar-refractivity contribution >= 4 is 12.1 Å². The molecule has 1 aliphatic rings. The van der Waals surface area contributed by atoms with E-state index in [0.29, 0.717) is 19.7 Å². The molecule has 0 saturated carbocycles. The minimum atomic E-state index is -0.515. The molecule has 1 unspecified atom stereocenters. The molecule has 0 saturated heterocycles. The number of amides is 1. The number of esters is 1. The third-order valence-electron chi connectivity index (χ3n) is 3.70. The summed E-state index contributed by atoms with van der Waals surface area (Å²) in [7, 11) is 0. The van der Waals surface area contributed by atoms with E-state index in [0.717, 1.165) is 24.0 Å². The maximum absolute atomic E-state index is 12.3. The zero-order valence-electron chi connectivity index (χ0n) is 15.8. The number of carbonyl (C=O) groups is 2. The van der Waals surface area contributed by atoms with Crippen LogP contribution in [0.15, 0.2) is 23.3 Å². The normalized spacial score (nSPS) is 17.2. The molecule has 1 aliphatic heterocycles. The van der Waals surface area contributed by atoms with E-state index in [1.54, 1.807) is 11.8 Å². The third-order valence-corrected chi connectivity index (χ3v) is 3.70. The molecular weight excluding hydrogens is 306 g/mol. The van der Waals surface area contributed by atoms with Gasteiger partial charge in [0.25, 0.3) is 0 Å². The minimum Gasteiger partial charge on any atom is -0.466 e. The van der Waals surface area contributed by atoms with Gasteiger partial charge < -0.3 is 14.4 Å². The van der Waals surface area contributed by atoms with Gasteiger partial charge in [-0.15, -0.1) is 0 Å². The Balaban J connectivity index is 2.89. The second-order valence-electron chi connectivity index (χ2n) is 6.96. The Bertz CT molecular complexity index is 514. The van der Waals surface area contributed by atoms with Gasteiger partial charge in [0.2, 0.25) is 0 Å². The van der Waals surface area contributed by atoms with E-state index in [9.17, 15) is 9.59 Å². The molecule has 24 heavy (non-hydrogen) atoms. The van der Waals surface area contributed by atoms with E-state index >= 15 is 0 Å². The Morgan fingerprint density at radius 3 is 2.54 bits per heavy atom. The highest BCUT2D eigenvalue weighted by atomic mass is 16.6. The molecule has 5 nitrogen and oxygen atoms in total. The van der Waals surface area contributed by atoms with E-state index in [2.05, 4.69) is 6.08 Å². The second kappa shape index (κ2) is 8.90. The maximum Gasteiger partial charge on any atom is 0.410 e. The molecular formula is C19H31NO4. The van der Waals surface area contributed by atoms with Crippen molar-refractivity contribution in [3.63, 3.8) is 0 Å². The van der Waals surface area contributed by atoms with E-state index in [1.807, 2.05) is 40.7 Å². The van der Waals surface area contributed by atoms with Crippen LogP contribution in [0.2, 0.25) is 0 Å². The predicted octanol–water partition coefficient (Wildman–Crippen LogP) is 4.09. The Kier molecular flexibility index (Phi) is 7.52. The minimum absolute atomic E-state index is 0.229. The van der Waals surface area contributed by atoms with Crippen molar-refractivity contribution in [2.24, 2.45) is 5.92 Å². The summed E-state index contributed by atoms with van der Waals surface area (Å²) in [4.78, 5) is 26.1. The SMILES string of the molecule is CCC=C(C1=CCCN(C(=O)OC(C)(C)C)C1)C(C)C(=O)OCC. The first-order valence-electron chi connectivity index (χ1n) is 8.73.